The highest BCUT2D eigenvalue weighted by Gasteiger charge is 2.34. The zero-order valence-electron chi connectivity index (χ0n) is 10.3. The van der Waals surface area contributed by atoms with Crippen LogP contribution in [0.25, 0.3) is 0 Å². The van der Waals surface area contributed by atoms with Crippen LogP contribution in [0, 0.1) is 0 Å². The van der Waals surface area contributed by atoms with Gasteiger partial charge in [0.15, 0.2) is 11.5 Å². The van der Waals surface area contributed by atoms with Gasteiger partial charge in [-0.05, 0) is 29.9 Å². The van der Waals surface area contributed by atoms with Gasteiger partial charge >= 0.3 is 0 Å². The number of hydrogen-bond acceptors (Lipinski definition) is 3. The third kappa shape index (κ3) is 1.42. The van der Waals surface area contributed by atoms with Gasteiger partial charge < -0.3 is 14.6 Å². The topological polar surface area (TPSA) is 38.7 Å². The van der Waals surface area contributed by atoms with Crippen molar-refractivity contribution in [1.82, 2.24) is 0 Å². The largest absolute Gasteiger partial charge is 0.504 e. The molecule has 2 rings (SSSR count). The number of fused-ring (bicyclic) bond motifs is 1. The van der Waals surface area contributed by atoms with E-state index >= 15 is 0 Å². The molecule has 0 unspecified atom stereocenters. The molecule has 88 valence electrons. The molecule has 1 aromatic rings. The number of aromatic hydroxyl groups is 1. The smallest absolute Gasteiger partial charge is 0.203 e. The van der Waals surface area contributed by atoms with Crippen molar-refractivity contribution < 1.29 is 14.6 Å². The second-order valence-corrected chi connectivity index (χ2v) is 4.87. The maximum Gasteiger partial charge on any atom is 0.203 e. The molecule has 1 N–H and O–H groups in total. The average Bonchev–Trinajstić information content (AvgIpc) is 2.53. The Balaban J connectivity index is 2.68. The molecule has 3 nitrogen and oxygen atoms in total. The highest BCUT2D eigenvalue weighted by atomic mass is 16.5. The molecule has 0 amide bonds. The highest BCUT2D eigenvalue weighted by Crippen LogP contribution is 2.50. The van der Waals surface area contributed by atoms with Crippen LogP contribution in [-0.4, -0.2) is 19.3 Å². The number of benzene rings is 1. The normalized spacial score (nSPS) is 17.0. The summed E-state index contributed by atoms with van der Waals surface area (Å²) in [5, 5.41) is 9.91. The van der Waals surface area contributed by atoms with Crippen LogP contribution in [0.15, 0.2) is 6.07 Å². The molecular weight excluding hydrogens is 204 g/mol. The lowest BCUT2D eigenvalue weighted by molar-refractivity contribution is 0.330. The first-order valence-electron chi connectivity index (χ1n) is 5.48. The molecule has 0 bridgehead atoms. The Labute approximate surface area is 96.0 Å². The van der Waals surface area contributed by atoms with E-state index in [9.17, 15) is 5.11 Å². The Morgan fingerprint density at radius 1 is 1.19 bits per heavy atom. The van der Waals surface area contributed by atoms with E-state index in [0.717, 1.165) is 12.8 Å². The van der Waals surface area contributed by atoms with E-state index in [4.69, 9.17) is 9.47 Å². The summed E-state index contributed by atoms with van der Waals surface area (Å²) in [5.41, 5.74) is 2.44. The molecule has 3 heteroatoms. The summed E-state index contributed by atoms with van der Waals surface area (Å²) in [6.07, 6.45) is 2.05. The van der Waals surface area contributed by atoms with Gasteiger partial charge in [-0.15, -0.1) is 0 Å². The Kier molecular flexibility index (Phi) is 2.49. The molecule has 0 radical (unpaired) electrons. The molecule has 0 saturated heterocycles. The fourth-order valence-corrected chi connectivity index (χ4v) is 2.50. The number of hydrogen-bond donors (Lipinski definition) is 1. The Morgan fingerprint density at radius 2 is 1.81 bits per heavy atom. The fraction of sp³-hybridized carbons (Fsp3) is 0.538. The molecule has 1 aliphatic rings. The van der Waals surface area contributed by atoms with Gasteiger partial charge in [-0.1, -0.05) is 13.8 Å². The van der Waals surface area contributed by atoms with Crippen LogP contribution < -0.4 is 9.47 Å². The molecule has 0 aromatic heterocycles. The number of phenols is 1. The first kappa shape index (κ1) is 11.1. The molecule has 16 heavy (non-hydrogen) atoms. The van der Waals surface area contributed by atoms with Gasteiger partial charge in [0.05, 0.1) is 14.2 Å². The summed E-state index contributed by atoms with van der Waals surface area (Å²) in [6, 6.07) is 1.81. The molecule has 0 spiro atoms. The minimum absolute atomic E-state index is 0.104. The highest BCUT2D eigenvalue weighted by molar-refractivity contribution is 5.61. The summed E-state index contributed by atoms with van der Waals surface area (Å²) >= 11 is 0. The molecular formula is C13H18O3. The minimum atomic E-state index is 0.104. The van der Waals surface area contributed by atoms with Crippen molar-refractivity contribution in [2.45, 2.75) is 32.1 Å². The first-order chi connectivity index (χ1) is 7.51. The van der Waals surface area contributed by atoms with Crippen LogP contribution in [0.1, 0.15) is 31.4 Å². The third-order valence-electron chi connectivity index (χ3n) is 3.46. The molecule has 0 heterocycles. The standard InChI is InChI=1S/C13H18O3/c1-13(2)6-5-8-9(13)7-10(14)12(16-4)11(8)15-3/h7,14H,5-6H2,1-4H3. The third-order valence-corrected chi connectivity index (χ3v) is 3.46. The summed E-state index contributed by atoms with van der Waals surface area (Å²) in [7, 11) is 3.16. The predicted molar refractivity (Wildman–Crippen MR) is 62.6 cm³/mol. The molecule has 1 aromatic carbocycles. The van der Waals surface area contributed by atoms with Gasteiger partial charge in [0.1, 0.15) is 0 Å². The maximum atomic E-state index is 9.91. The zero-order valence-corrected chi connectivity index (χ0v) is 10.3. The second-order valence-electron chi connectivity index (χ2n) is 4.87. The van der Waals surface area contributed by atoms with Crippen LogP contribution in [0.5, 0.6) is 17.2 Å². The predicted octanol–water partition coefficient (Wildman–Crippen LogP) is 2.63. The van der Waals surface area contributed by atoms with Crippen molar-refractivity contribution in [1.29, 1.82) is 0 Å². The number of phenolic OH excluding ortho intramolecular Hbond substituents is 1. The second kappa shape index (κ2) is 3.58. The van der Waals surface area contributed by atoms with E-state index in [0.29, 0.717) is 11.5 Å². The van der Waals surface area contributed by atoms with Gasteiger partial charge in [-0.3, -0.25) is 0 Å². The Hall–Kier alpha value is -1.38. The first-order valence-corrected chi connectivity index (χ1v) is 5.48. The number of rotatable bonds is 2. The van der Waals surface area contributed by atoms with Crippen LogP contribution in [0.2, 0.25) is 0 Å². The van der Waals surface area contributed by atoms with Gasteiger partial charge in [0, 0.05) is 5.56 Å². The van der Waals surface area contributed by atoms with Crippen molar-refractivity contribution in [3.8, 4) is 17.2 Å². The molecule has 1 aliphatic carbocycles. The van der Waals surface area contributed by atoms with E-state index < -0.39 is 0 Å². The molecule has 0 aliphatic heterocycles. The fourth-order valence-electron chi connectivity index (χ4n) is 2.50. The van der Waals surface area contributed by atoms with Gasteiger partial charge in [0.25, 0.3) is 0 Å². The maximum absolute atomic E-state index is 9.91. The van der Waals surface area contributed by atoms with Crippen LogP contribution >= 0.6 is 0 Å². The lowest BCUT2D eigenvalue weighted by Crippen LogP contribution is -2.11. The zero-order chi connectivity index (χ0) is 11.9. The Morgan fingerprint density at radius 3 is 2.38 bits per heavy atom. The van der Waals surface area contributed by atoms with Gasteiger partial charge in [-0.2, -0.15) is 0 Å². The van der Waals surface area contributed by atoms with E-state index in [-0.39, 0.29) is 11.2 Å². The van der Waals surface area contributed by atoms with Crippen molar-refractivity contribution >= 4 is 0 Å². The lowest BCUT2D eigenvalue weighted by atomic mass is 9.86. The summed E-state index contributed by atoms with van der Waals surface area (Å²) in [6.45, 7) is 4.37. The van der Waals surface area contributed by atoms with Crippen molar-refractivity contribution in [3.63, 3.8) is 0 Å². The SMILES string of the molecule is COc1c(O)cc2c(c1OC)CCC2(C)C. The van der Waals surface area contributed by atoms with E-state index in [1.165, 1.54) is 11.1 Å². The summed E-state index contributed by atoms with van der Waals surface area (Å²) in [4.78, 5) is 0. The van der Waals surface area contributed by atoms with Crippen molar-refractivity contribution in [2.75, 3.05) is 14.2 Å². The van der Waals surface area contributed by atoms with E-state index in [1.807, 2.05) is 6.07 Å². The van der Waals surface area contributed by atoms with Crippen molar-refractivity contribution in [3.05, 3.63) is 17.2 Å². The number of ether oxygens (including phenoxy) is 2. The quantitative estimate of drug-likeness (QED) is 0.836. The summed E-state index contributed by atoms with van der Waals surface area (Å²) < 4.78 is 10.6. The van der Waals surface area contributed by atoms with Crippen LogP contribution in [0.4, 0.5) is 0 Å². The van der Waals surface area contributed by atoms with Gasteiger partial charge in [-0.25, -0.2) is 0 Å². The average molecular weight is 222 g/mol. The minimum Gasteiger partial charge on any atom is -0.504 e. The number of methoxy groups -OCH3 is 2. The Bertz CT molecular complexity index is 422. The molecule has 0 fully saturated rings. The monoisotopic (exact) mass is 222 g/mol. The van der Waals surface area contributed by atoms with Crippen molar-refractivity contribution in [2.24, 2.45) is 0 Å². The lowest BCUT2D eigenvalue weighted by Gasteiger charge is -2.21. The summed E-state index contributed by atoms with van der Waals surface area (Å²) in [5.74, 6) is 1.29. The molecule has 0 saturated carbocycles. The van der Waals surface area contributed by atoms with Crippen LogP contribution in [-0.2, 0) is 11.8 Å². The van der Waals surface area contributed by atoms with Gasteiger partial charge in [0.2, 0.25) is 5.75 Å². The van der Waals surface area contributed by atoms with E-state index in [2.05, 4.69) is 13.8 Å². The molecule has 0 atom stereocenters. The van der Waals surface area contributed by atoms with Crippen LogP contribution in [0.3, 0.4) is 0 Å². The van der Waals surface area contributed by atoms with E-state index in [1.54, 1.807) is 14.2 Å².